The first-order chi connectivity index (χ1) is 33.6. The van der Waals surface area contributed by atoms with Crippen molar-refractivity contribution in [1.29, 1.82) is 0 Å². The average molecular weight is 965 g/mol. The summed E-state index contributed by atoms with van der Waals surface area (Å²) in [5, 5.41) is 55.5. The number of hydrogen-bond donors (Lipinski definition) is 7. The van der Waals surface area contributed by atoms with E-state index in [0.717, 1.165) is 0 Å². The average Bonchev–Trinajstić information content (AvgIpc) is 3.77. The van der Waals surface area contributed by atoms with Gasteiger partial charge in [-0.25, -0.2) is 4.79 Å². The van der Waals surface area contributed by atoms with Gasteiger partial charge in [0.2, 0.25) is 11.7 Å². The molecule has 2 fully saturated rings. The second-order valence-corrected chi connectivity index (χ2v) is 18.3. The van der Waals surface area contributed by atoms with Gasteiger partial charge in [-0.05, 0) is 68.7 Å². The van der Waals surface area contributed by atoms with Crippen molar-refractivity contribution in [2.24, 2.45) is 0 Å². The molecule has 17 nitrogen and oxygen atoms in total. The van der Waals surface area contributed by atoms with Gasteiger partial charge in [0.15, 0.2) is 6.29 Å². The van der Waals surface area contributed by atoms with E-state index in [1.807, 2.05) is 60.7 Å². The molecular weight excluding hydrogens is 905 g/mol. The van der Waals surface area contributed by atoms with E-state index >= 15 is 0 Å². The van der Waals surface area contributed by atoms with Gasteiger partial charge in [-0.15, -0.1) is 0 Å². The lowest BCUT2D eigenvalue weighted by molar-refractivity contribution is -0.298. The molecule has 7 rings (SSSR count). The van der Waals surface area contributed by atoms with Crippen LogP contribution >= 0.6 is 0 Å². The molecule has 0 bridgehead atoms. The fraction of sp³-hybridized carbons (Fsp3) is 0.396. The highest BCUT2D eigenvalue weighted by molar-refractivity contribution is 5.95. The van der Waals surface area contributed by atoms with Crippen LogP contribution in [0.15, 0.2) is 127 Å². The van der Waals surface area contributed by atoms with Crippen LogP contribution in [-0.2, 0) is 50.3 Å². The summed E-state index contributed by atoms with van der Waals surface area (Å²) < 4.78 is 36.2. The maximum absolute atomic E-state index is 14.1. The molecule has 4 aromatic rings. The third-order valence-electron chi connectivity index (χ3n) is 11.9. The van der Waals surface area contributed by atoms with Gasteiger partial charge in [0.05, 0.1) is 31.4 Å². The summed E-state index contributed by atoms with van der Waals surface area (Å²) in [6.07, 6.45) is -4.72. The van der Waals surface area contributed by atoms with Gasteiger partial charge in [-0.3, -0.25) is 14.4 Å². The monoisotopic (exact) mass is 964 g/mol. The van der Waals surface area contributed by atoms with Gasteiger partial charge < -0.3 is 64.6 Å². The second-order valence-electron chi connectivity index (χ2n) is 18.3. The van der Waals surface area contributed by atoms with E-state index in [-0.39, 0.29) is 55.7 Å². The lowest BCUT2D eigenvalue weighted by Gasteiger charge is -2.39. The fourth-order valence-corrected chi connectivity index (χ4v) is 8.39. The van der Waals surface area contributed by atoms with E-state index in [1.165, 1.54) is 0 Å². The Bertz CT molecular complexity index is 2450. The summed E-state index contributed by atoms with van der Waals surface area (Å²) in [6, 6.07) is 31.2. The van der Waals surface area contributed by atoms with E-state index in [4.69, 9.17) is 28.4 Å². The predicted octanol–water partition coefficient (Wildman–Crippen LogP) is 3.59. The molecule has 17 heteroatoms. The number of nitrogens with one attached hydrogen (secondary N) is 2. The number of benzene rings is 4. The molecule has 7 N–H and O–H groups in total. The first-order valence-electron chi connectivity index (χ1n) is 23.1. The standard InChI is InChI=1S/C53H60N2O15/c1-52(2,3)69-43(58)23-22-39(30-56)55-49(63)34-16-11-14-33(26-34)29-54-48(62)36-27-40(47-41(28-36)68-53(70-47,37-18-6-4-7-19-37)38-20-8-5-9-21-38)66-50(64)35-17-10-13-32(25-35)15-12-24-65-51-46(61)45(60)44(59)42(31-57)67-51/h4-21,25-26,28,39-42,44-47,51,56-57,59-61H,22-24,27,29-31H2,1-3H3,(H,54,62)(H,55,63)/t39-,40+,41+,42+,44-,45-,46+,47-,51-/m0/s1. The number of ether oxygens (including phenoxy) is 6. The van der Waals surface area contributed by atoms with Crippen molar-refractivity contribution in [3.63, 3.8) is 0 Å². The predicted molar refractivity (Wildman–Crippen MR) is 252 cm³/mol. The SMILES string of the molecule is CC(C)(C)OC(=O)CC[C@@H](CO)NC(=O)c1cccc(CNC(=O)C2=C[C@H]3OC(c4ccccc4)(c4ccccc4)O[C@H]3[C@H](OC(=O)c3cccc(C=CCO[C@H]4O[C@H](CO)[C@H](O)[C@H](O)[C@H]4O)c3)C2)c1. The quantitative estimate of drug-likeness (QED) is 0.0705. The smallest absolute Gasteiger partial charge is 0.338 e. The van der Waals surface area contributed by atoms with Crippen LogP contribution < -0.4 is 10.6 Å². The van der Waals surface area contributed by atoms with Crippen molar-refractivity contribution in [1.82, 2.24) is 10.6 Å². The van der Waals surface area contributed by atoms with Crippen LogP contribution in [0.2, 0.25) is 0 Å². The van der Waals surface area contributed by atoms with Crippen molar-refractivity contribution in [2.45, 2.75) is 113 Å². The van der Waals surface area contributed by atoms with E-state index in [1.54, 1.807) is 87.5 Å². The Morgan fingerprint density at radius 1 is 0.814 bits per heavy atom. The lowest BCUT2D eigenvalue weighted by atomic mass is 9.91. The van der Waals surface area contributed by atoms with Crippen molar-refractivity contribution in [3.8, 4) is 0 Å². The van der Waals surface area contributed by atoms with Gasteiger partial charge in [-0.2, -0.15) is 0 Å². The van der Waals surface area contributed by atoms with Crippen molar-refractivity contribution in [3.05, 3.63) is 160 Å². The zero-order chi connectivity index (χ0) is 50.0. The third kappa shape index (κ3) is 12.8. The summed E-state index contributed by atoms with van der Waals surface area (Å²) in [7, 11) is 0. The highest BCUT2D eigenvalue weighted by atomic mass is 16.8. The molecule has 0 saturated carbocycles. The molecule has 372 valence electrons. The number of fused-ring (bicyclic) bond motifs is 1. The molecule has 0 spiro atoms. The van der Waals surface area contributed by atoms with E-state index in [9.17, 15) is 44.7 Å². The van der Waals surface area contributed by atoms with Crippen LogP contribution in [0.1, 0.15) is 83.0 Å². The molecule has 0 aromatic heterocycles. The van der Waals surface area contributed by atoms with Gasteiger partial charge in [-0.1, -0.05) is 97.1 Å². The highest BCUT2D eigenvalue weighted by Crippen LogP contribution is 2.47. The van der Waals surface area contributed by atoms with Crippen molar-refractivity contribution in [2.75, 3.05) is 19.8 Å². The Hall–Kier alpha value is -6.12. The van der Waals surface area contributed by atoms with Gasteiger partial charge >= 0.3 is 11.9 Å². The molecule has 4 aromatic carbocycles. The number of hydrogen-bond acceptors (Lipinski definition) is 15. The molecular formula is C53H60N2O15. The normalized spacial score (nSPS) is 24.5. The van der Waals surface area contributed by atoms with E-state index in [0.29, 0.717) is 22.3 Å². The third-order valence-corrected chi connectivity index (χ3v) is 11.9. The minimum atomic E-state index is -1.58. The first-order valence-corrected chi connectivity index (χ1v) is 23.1. The lowest BCUT2D eigenvalue weighted by Crippen LogP contribution is -2.59. The van der Waals surface area contributed by atoms with Crippen LogP contribution in [0.3, 0.4) is 0 Å². The Balaban J connectivity index is 1.05. The molecule has 1 aliphatic carbocycles. The Morgan fingerprint density at radius 2 is 1.50 bits per heavy atom. The molecule has 0 radical (unpaired) electrons. The summed E-state index contributed by atoms with van der Waals surface area (Å²) >= 11 is 0. The highest BCUT2D eigenvalue weighted by Gasteiger charge is 2.55. The number of amides is 2. The van der Waals surface area contributed by atoms with Crippen LogP contribution in [0.25, 0.3) is 6.08 Å². The Kier molecular flexibility index (Phi) is 17.1. The molecule has 2 amide bonds. The number of carbonyl (C=O) groups excluding carboxylic acids is 4. The number of carbonyl (C=O) groups is 4. The van der Waals surface area contributed by atoms with Crippen LogP contribution in [0, 0.1) is 0 Å². The summed E-state index contributed by atoms with van der Waals surface area (Å²) in [5.41, 5.74) is 2.67. The molecule has 9 atom stereocenters. The van der Waals surface area contributed by atoms with Crippen molar-refractivity contribution >= 4 is 29.8 Å². The summed E-state index contributed by atoms with van der Waals surface area (Å²) in [4.78, 5) is 53.6. The van der Waals surface area contributed by atoms with Crippen LogP contribution in [0.5, 0.6) is 0 Å². The van der Waals surface area contributed by atoms with Gasteiger partial charge in [0.25, 0.3) is 5.91 Å². The zero-order valence-electron chi connectivity index (χ0n) is 39.1. The van der Waals surface area contributed by atoms with E-state index < -0.39 is 96.8 Å². The number of aliphatic hydroxyl groups excluding tert-OH is 5. The fourth-order valence-electron chi connectivity index (χ4n) is 8.39. The minimum Gasteiger partial charge on any atom is -0.460 e. The second kappa shape index (κ2) is 23.2. The minimum absolute atomic E-state index is 0.00551. The van der Waals surface area contributed by atoms with E-state index in [2.05, 4.69) is 10.6 Å². The number of esters is 2. The molecule has 2 saturated heterocycles. The topological polar surface area (TPSA) is 249 Å². The maximum Gasteiger partial charge on any atom is 0.338 e. The summed E-state index contributed by atoms with van der Waals surface area (Å²) in [5.74, 6) is -3.50. The zero-order valence-corrected chi connectivity index (χ0v) is 39.1. The molecule has 2 aliphatic heterocycles. The largest absolute Gasteiger partial charge is 0.460 e. The maximum atomic E-state index is 14.1. The number of aliphatic hydroxyl groups is 5. The van der Waals surface area contributed by atoms with Crippen LogP contribution in [0.4, 0.5) is 0 Å². The Labute approximate surface area is 405 Å². The Morgan fingerprint density at radius 3 is 2.17 bits per heavy atom. The molecule has 3 aliphatic rings. The molecule has 70 heavy (non-hydrogen) atoms. The number of rotatable bonds is 18. The van der Waals surface area contributed by atoms with Crippen LogP contribution in [-0.4, -0.2) is 130 Å². The summed E-state index contributed by atoms with van der Waals surface area (Å²) in [6.45, 7) is 4.23. The van der Waals surface area contributed by atoms with Gasteiger partial charge in [0.1, 0.15) is 48.3 Å². The van der Waals surface area contributed by atoms with Gasteiger partial charge in [0, 0.05) is 41.6 Å². The molecule has 0 unspecified atom stereocenters. The first kappa shape index (κ1) is 51.7. The van der Waals surface area contributed by atoms with Crippen molar-refractivity contribution < 1.29 is 73.1 Å². The molecule has 2 heterocycles.